The molecule has 0 spiro atoms. The molecule has 0 saturated carbocycles. The van der Waals surface area contributed by atoms with E-state index in [0.29, 0.717) is 35.6 Å². The Bertz CT molecular complexity index is 844. The lowest BCUT2D eigenvalue weighted by molar-refractivity contribution is 0.394. The molecule has 1 aliphatic rings. The number of rotatable bonds is 4. The molecule has 0 unspecified atom stereocenters. The molecule has 0 amide bonds. The van der Waals surface area contributed by atoms with Crippen LogP contribution in [0.15, 0.2) is 17.1 Å². The molecule has 0 bridgehead atoms. The first-order valence-corrected chi connectivity index (χ1v) is 10.5. The van der Waals surface area contributed by atoms with E-state index in [9.17, 15) is 14.6 Å². The largest absolute Gasteiger partial charge is 0.481 e. The molecule has 1 fully saturated rings. The van der Waals surface area contributed by atoms with Gasteiger partial charge in [0.25, 0.3) is 5.56 Å². The number of aromatic nitrogens is 3. The van der Waals surface area contributed by atoms with Crippen molar-refractivity contribution in [3.63, 3.8) is 0 Å². The minimum atomic E-state index is -3.17. The molecule has 3 rings (SSSR count). The first kappa shape index (κ1) is 17.3. The highest BCUT2D eigenvalue weighted by molar-refractivity contribution is 8.09. The van der Waals surface area contributed by atoms with Crippen molar-refractivity contribution in [2.24, 2.45) is 5.92 Å². The van der Waals surface area contributed by atoms with Crippen molar-refractivity contribution in [2.45, 2.75) is 12.8 Å². The maximum atomic E-state index is 12.2. The van der Waals surface area contributed by atoms with Gasteiger partial charge in [0, 0.05) is 30.7 Å². The number of aromatic amines is 1. The van der Waals surface area contributed by atoms with Gasteiger partial charge in [0.2, 0.25) is 5.88 Å². The summed E-state index contributed by atoms with van der Waals surface area (Å²) in [5.41, 5.74) is -0.291. The predicted molar refractivity (Wildman–Crippen MR) is 95.2 cm³/mol. The molecule has 0 radical (unpaired) electrons. The van der Waals surface area contributed by atoms with Crippen LogP contribution >= 0.6 is 6.49 Å². The summed E-state index contributed by atoms with van der Waals surface area (Å²) in [7, 11) is 1.53. The van der Waals surface area contributed by atoms with E-state index in [0.717, 1.165) is 12.8 Å². The highest BCUT2D eigenvalue weighted by Crippen LogP contribution is 2.40. The second-order valence-corrected chi connectivity index (χ2v) is 9.38. The third kappa shape index (κ3) is 3.75. The van der Waals surface area contributed by atoms with Crippen LogP contribution in [0, 0.1) is 5.92 Å². The van der Waals surface area contributed by atoms with Crippen LogP contribution in [0.4, 0.5) is 5.82 Å². The smallest absolute Gasteiger partial charge is 0.275 e. The molecule has 10 heteroatoms. The number of methoxy groups -OCH3 is 1. The summed E-state index contributed by atoms with van der Waals surface area (Å²) < 4.78 is 5.23. The zero-order chi connectivity index (χ0) is 17.3. The Kier molecular flexibility index (Phi) is 4.87. The van der Waals surface area contributed by atoms with Gasteiger partial charge in [-0.3, -0.25) is 4.79 Å². The molecule has 8 nitrogen and oxygen atoms in total. The fourth-order valence-corrected chi connectivity index (χ4v) is 4.75. The summed E-state index contributed by atoms with van der Waals surface area (Å²) >= 11 is 4.73. The molecule has 3 N–H and O–H groups in total. The number of hydrogen-bond acceptors (Lipinski definition) is 6. The third-order valence-corrected chi connectivity index (χ3v) is 5.66. The van der Waals surface area contributed by atoms with Crippen molar-refractivity contribution in [3.05, 3.63) is 22.6 Å². The summed E-state index contributed by atoms with van der Waals surface area (Å²) in [5.74, 6) is 1.17. The molecule has 130 valence electrons. The molecule has 3 heterocycles. The standard InChI is InChI=1S/C14H19N4O4PS/c1-22-11-6-10-7-15-17-14(19)12(10)13(16-11)18-4-2-9(3-5-18)8-23(20,21)24/h6-7,9H,2-5,8H2,1H3,(H,17,19)(H2,20,21,24). The van der Waals surface area contributed by atoms with E-state index in [2.05, 4.69) is 15.2 Å². The van der Waals surface area contributed by atoms with Gasteiger partial charge in [-0.05, 0) is 30.6 Å². The lowest BCUT2D eigenvalue weighted by Gasteiger charge is -2.33. The van der Waals surface area contributed by atoms with Gasteiger partial charge < -0.3 is 19.4 Å². The Morgan fingerprint density at radius 1 is 1.46 bits per heavy atom. The molecule has 0 aromatic carbocycles. The van der Waals surface area contributed by atoms with Crippen LogP contribution in [0.2, 0.25) is 0 Å². The van der Waals surface area contributed by atoms with E-state index in [1.54, 1.807) is 12.3 Å². The van der Waals surface area contributed by atoms with E-state index in [-0.39, 0.29) is 17.6 Å². The van der Waals surface area contributed by atoms with Crippen LogP contribution < -0.4 is 15.2 Å². The first-order valence-electron chi connectivity index (χ1n) is 7.59. The Morgan fingerprint density at radius 2 is 2.17 bits per heavy atom. The van der Waals surface area contributed by atoms with Crippen LogP contribution in [-0.2, 0) is 11.8 Å². The number of ether oxygens (including phenoxy) is 1. The number of hydrogen-bond donors (Lipinski definition) is 3. The van der Waals surface area contributed by atoms with Crippen LogP contribution in [0.3, 0.4) is 0 Å². The SMILES string of the molecule is COc1cc2cn[nH]c(=O)c2c(N2CCC(CP(O)(O)=S)CC2)n1. The van der Waals surface area contributed by atoms with E-state index >= 15 is 0 Å². The van der Waals surface area contributed by atoms with Crippen molar-refractivity contribution in [1.82, 2.24) is 15.2 Å². The van der Waals surface area contributed by atoms with E-state index in [1.165, 1.54) is 7.11 Å². The maximum Gasteiger partial charge on any atom is 0.275 e. The first-order chi connectivity index (χ1) is 11.4. The zero-order valence-corrected chi connectivity index (χ0v) is 14.9. The number of nitrogens with one attached hydrogen (secondary N) is 1. The number of pyridine rings is 1. The molecular formula is C14H19N4O4PS. The molecule has 1 aliphatic heterocycles. The molecule has 0 aliphatic carbocycles. The minimum Gasteiger partial charge on any atom is -0.481 e. The van der Waals surface area contributed by atoms with E-state index < -0.39 is 6.49 Å². The number of fused-ring (bicyclic) bond motifs is 1. The van der Waals surface area contributed by atoms with Crippen molar-refractivity contribution < 1.29 is 14.5 Å². The van der Waals surface area contributed by atoms with Crippen LogP contribution in [0.1, 0.15) is 12.8 Å². The topological polar surface area (TPSA) is 112 Å². The quantitative estimate of drug-likeness (QED) is 0.679. The highest BCUT2D eigenvalue weighted by Gasteiger charge is 2.26. The van der Waals surface area contributed by atoms with Crippen LogP contribution in [0.5, 0.6) is 5.88 Å². The zero-order valence-electron chi connectivity index (χ0n) is 13.2. The summed E-state index contributed by atoms with van der Waals surface area (Å²) in [6, 6.07) is 1.68. The summed E-state index contributed by atoms with van der Waals surface area (Å²) in [4.78, 5) is 37.6. The molecule has 2 aromatic rings. The second-order valence-electron chi connectivity index (χ2n) is 5.93. The molecular weight excluding hydrogens is 351 g/mol. The Morgan fingerprint density at radius 3 is 2.79 bits per heavy atom. The monoisotopic (exact) mass is 370 g/mol. The predicted octanol–water partition coefficient (Wildman–Crippen LogP) is 0.837. The van der Waals surface area contributed by atoms with Gasteiger partial charge in [-0.1, -0.05) is 0 Å². The fourth-order valence-electron chi connectivity index (χ4n) is 3.07. The van der Waals surface area contributed by atoms with Crippen LogP contribution in [-0.4, -0.2) is 51.3 Å². The number of nitrogens with zero attached hydrogens (tertiary/aromatic N) is 3. The lowest BCUT2D eigenvalue weighted by Crippen LogP contribution is -2.36. The van der Waals surface area contributed by atoms with Crippen LogP contribution in [0.25, 0.3) is 10.8 Å². The molecule has 1 saturated heterocycles. The van der Waals surface area contributed by atoms with Crippen molar-refractivity contribution in [2.75, 3.05) is 31.3 Å². The Labute approximate surface area is 143 Å². The summed E-state index contributed by atoms with van der Waals surface area (Å²) in [6.07, 6.45) is 3.38. The maximum absolute atomic E-state index is 12.2. The second kappa shape index (κ2) is 6.76. The minimum absolute atomic E-state index is 0.180. The average Bonchev–Trinajstić information content (AvgIpc) is 2.53. The normalized spacial score (nSPS) is 16.5. The molecule has 0 atom stereocenters. The molecule has 2 aromatic heterocycles. The van der Waals surface area contributed by atoms with Gasteiger partial charge >= 0.3 is 0 Å². The fraction of sp³-hybridized carbons (Fsp3) is 0.500. The number of H-pyrrole nitrogens is 1. The van der Waals surface area contributed by atoms with Gasteiger partial charge in [0.15, 0.2) is 6.49 Å². The van der Waals surface area contributed by atoms with Gasteiger partial charge in [-0.25, -0.2) is 5.10 Å². The van der Waals surface area contributed by atoms with Crippen molar-refractivity contribution >= 4 is 34.9 Å². The summed E-state index contributed by atoms with van der Waals surface area (Å²) in [5, 5.41) is 7.42. The van der Waals surface area contributed by atoms with Gasteiger partial charge in [-0.15, -0.1) is 0 Å². The van der Waals surface area contributed by atoms with Crippen molar-refractivity contribution in [3.8, 4) is 5.88 Å². The van der Waals surface area contributed by atoms with E-state index in [1.807, 2.05) is 4.90 Å². The van der Waals surface area contributed by atoms with E-state index in [4.69, 9.17) is 16.5 Å². The highest BCUT2D eigenvalue weighted by atomic mass is 32.5. The Hall–Kier alpha value is -1.54. The van der Waals surface area contributed by atoms with Gasteiger partial charge in [-0.2, -0.15) is 10.1 Å². The van der Waals surface area contributed by atoms with Crippen molar-refractivity contribution in [1.29, 1.82) is 0 Å². The molecule has 24 heavy (non-hydrogen) atoms. The number of anilines is 1. The van der Waals surface area contributed by atoms with Gasteiger partial charge in [0.1, 0.15) is 5.82 Å². The third-order valence-electron chi connectivity index (χ3n) is 4.22. The average molecular weight is 370 g/mol. The summed E-state index contributed by atoms with van der Waals surface area (Å²) in [6.45, 7) is -1.84. The number of piperidine rings is 1. The van der Waals surface area contributed by atoms with Gasteiger partial charge in [0.05, 0.1) is 18.7 Å². The Balaban J connectivity index is 1.90. The lowest BCUT2D eigenvalue weighted by atomic mass is 9.98.